The zero-order valence-corrected chi connectivity index (χ0v) is 8.41. The fourth-order valence-corrected chi connectivity index (χ4v) is 1.67. The molecular formula is C9H12FN3O3. The number of aliphatic hydroxyl groups is 1. The van der Waals surface area contributed by atoms with Gasteiger partial charge in [0.25, 0.3) is 0 Å². The number of rotatable bonds is 2. The Balaban J connectivity index is 2.23. The molecule has 1 aliphatic rings. The molecule has 1 aromatic heterocycles. The van der Waals surface area contributed by atoms with Gasteiger partial charge in [-0.1, -0.05) is 0 Å². The predicted molar refractivity (Wildman–Crippen MR) is 53.4 cm³/mol. The number of anilines is 1. The lowest BCUT2D eigenvalue weighted by molar-refractivity contribution is -0.0355. The first-order valence-corrected chi connectivity index (χ1v) is 4.87. The second-order valence-corrected chi connectivity index (χ2v) is 3.61. The maximum absolute atomic E-state index is 13.3. The third-order valence-corrected chi connectivity index (χ3v) is 2.50. The summed E-state index contributed by atoms with van der Waals surface area (Å²) in [4.78, 5) is 14.9. The first kappa shape index (κ1) is 11.0. The van der Waals surface area contributed by atoms with E-state index in [1.807, 2.05) is 0 Å². The van der Waals surface area contributed by atoms with Crippen molar-refractivity contribution in [2.45, 2.75) is 24.9 Å². The molecule has 0 spiro atoms. The quantitative estimate of drug-likeness (QED) is 0.709. The van der Waals surface area contributed by atoms with Crippen molar-refractivity contribution < 1.29 is 14.2 Å². The van der Waals surface area contributed by atoms with Gasteiger partial charge in [0.2, 0.25) is 0 Å². The summed E-state index contributed by atoms with van der Waals surface area (Å²) >= 11 is 0. The number of nitrogen functional groups attached to an aromatic ring is 1. The van der Waals surface area contributed by atoms with Gasteiger partial charge < -0.3 is 15.6 Å². The number of hydrogen-bond donors (Lipinski definition) is 2. The number of aromatic nitrogens is 2. The summed E-state index contributed by atoms with van der Waals surface area (Å²) in [5.74, 6) is 0.106. The normalized spacial score (nSPS) is 29.5. The number of ether oxygens (including phenoxy) is 1. The van der Waals surface area contributed by atoms with Gasteiger partial charge in [-0.05, 0) is 6.07 Å². The summed E-state index contributed by atoms with van der Waals surface area (Å²) in [5, 5.41) is 8.83. The van der Waals surface area contributed by atoms with E-state index >= 15 is 0 Å². The first-order chi connectivity index (χ1) is 7.61. The smallest absolute Gasteiger partial charge is 0.351 e. The molecule has 0 unspecified atom stereocenters. The largest absolute Gasteiger partial charge is 0.394 e. The van der Waals surface area contributed by atoms with Crippen LogP contribution in [0.2, 0.25) is 0 Å². The lowest BCUT2D eigenvalue weighted by Gasteiger charge is -2.13. The third-order valence-electron chi connectivity index (χ3n) is 2.50. The minimum atomic E-state index is -1.28. The summed E-state index contributed by atoms with van der Waals surface area (Å²) in [6.07, 6.45) is -1.46. The Morgan fingerprint density at radius 3 is 3.06 bits per heavy atom. The molecule has 2 heterocycles. The Morgan fingerprint density at radius 2 is 2.50 bits per heavy atom. The van der Waals surface area contributed by atoms with Gasteiger partial charge in [0, 0.05) is 12.6 Å². The molecule has 0 aliphatic carbocycles. The van der Waals surface area contributed by atoms with Gasteiger partial charge in [0.05, 0.1) is 6.61 Å². The van der Waals surface area contributed by atoms with E-state index in [1.165, 1.54) is 16.8 Å². The highest BCUT2D eigenvalue weighted by Gasteiger charge is 2.36. The number of aliphatic hydroxyl groups excluding tert-OH is 1. The van der Waals surface area contributed by atoms with Gasteiger partial charge in [-0.25, -0.2) is 9.18 Å². The molecule has 0 bridgehead atoms. The van der Waals surface area contributed by atoms with E-state index in [0.29, 0.717) is 0 Å². The lowest BCUT2D eigenvalue weighted by Crippen LogP contribution is -2.27. The van der Waals surface area contributed by atoms with Gasteiger partial charge in [0.1, 0.15) is 24.3 Å². The molecule has 1 saturated heterocycles. The third kappa shape index (κ3) is 1.91. The topological polar surface area (TPSA) is 90.4 Å². The Labute approximate surface area is 90.5 Å². The van der Waals surface area contributed by atoms with Crippen LogP contribution in [-0.4, -0.2) is 33.5 Å². The minimum absolute atomic E-state index is 0.0245. The summed E-state index contributed by atoms with van der Waals surface area (Å²) < 4.78 is 19.6. The molecule has 3 atom stereocenters. The van der Waals surface area contributed by atoms with Crippen molar-refractivity contribution in [3.63, 3.8) is 0 Å². The summed E-state index contributed by atoms with van der Waals surface area (Å²) in [6, 6.07) is 1.43. The van der Waals surface area contributed by atoms with Crippen LogP contribution < -0.4 is 11.4 Å². The second kappa shape index (κ2) is 4.18. The van der Waals surface area contributed by atoms with Crippen LogP contribution in [-0.2, 0) is 4.74 Å². The van der Waals surface area contributed by atoms with Crippen molar-refractivity contribution in [2.75, 3.05) is 12.3 Å². The highest BCUT2D eigenvalue weighted by Crippen LogP contribution is 2.29. The van der Waals surface area contributed by atoms with Crippen LogP contribution in [0, 0.1) is 0 Å². The second-order valence-electron chi connectivity index (χ2n) is 3.61. The van der Waals surface area contributed by atoms with Gasteiger partial charge in [-0.2, -0.15) is 4.98 Å². The van der Waals surface area contributed by atoms with Crippen LogP contribution in [0.1, 0.15) is 12.6 Å². The molecule has 1 fully saturated rings. The predicted octanol–water partition coefficient (Wildman–Crippen LogP) is -0.557. The van der Waals surface area contributed by atoms with E-state index in [-0.39, 0.29) is 12.2 Å². The molecular weight excluding hydrogens is 217 g/mol. The van der Waals surface area contributed by atoms with E-state index in [1.54, 1.807) is 0 Å². The SMILES string of the molecule is Nc1ccn([C@@H]2C[C@H](F)[C@H](CO)O2)c(=O)n1. The number of nitrogens with zero attached hydrogens (tertiary/aromatic N) is 2. The number of hydrogen-bond acceptors (Lipinski definition) is 5. The molecule has 2 rings (SSSR count). The van der Waals surface area contributed by atoms with Crippen LogP contribution in [0.5, 0.6) is 0 Å². The average Bonchev–Trinajstić information content (AvgIpc) is 2.59. The zero-order chi connectivity index (χ0) is 11.7. The zero-order valence-electron chi connectivity index (χ0n) is 8.41. The minimum Gasteiger partial charge on any atom is -0.394 e. The maximum Gasteiger partial charge on any atom is 0.351 e. The number of alkyl halides is 1. The van der Waals surface area contributed by atoms with Crippen molar-refractivity contribution >= 4 is 5.82 Å². The molecule has 0 amide bonds. The Kier molecular flexibility index (Phi) is 2.88. The van der Waals surface area contributed by atoms with Gasteiger partial charge in [-0.15, -0.1) is 0 Å². The fraction of sp³-hybridized carbons (Fsp3) is 0.556. The Bertz CT molecular complexity index is 436. The maximum atomic E-state index is 13.3. The highest BCUT2D eigenvalue weighted by atomic mass is 19.1. The summed E-state index contributed by atoms with van der Waals surface area (Å²) in [5.41, 5.74) is 4.74. The molecule has 6 nitrogen and oxygen atoms in total. The molecule has 0 aromatic carbocycles. The standard InChI is InChI=1S/C9H12FN3O3/c10-5-3-8(16-6(5)4-14)13-2-1-7(11)12-9(13)15/h1-2,5-6,8,14H,3-4H2,(H2,11,12,15)/t5-,6-,8-/m0/s1. The molecule has 1 aliphatic heterocycles. The summed E-state index contributed by atoms with van der Waals surface area (Å²) in [6.45, 7) is -0.408. The van der Waals surface area contributed by atoms with Gasteiger partial charge in [-0.3, -0.25) is 4.57 Å². The Morgan fingerprint density at radius 1 is 1.75 bits per heavy atom. The monoisotopic (exact) mass is 229 g/mol. The van der Waals surface area contributed by atoms with Crippen LogP contribution >= 0.6 is 0 Å². The Hall–Kier alpha value is -1.47. The lowest BCUT2D eigenvalue weighted by atomic mass is 10.2. The van der Waals surface area contributed by atoms with E-state index < -0.39 is 30.8 Å². The fourth-order valence-electron chi connectivity index (χ4n) is 1.67. The van der Waals surface area contributed by atoms with Crippen molar-refractivity contribution in [1.29, 1.82) is 0 Å². The molecule has 0 saturated carbocycles. The molecule has 7 heteroatoms. The van der Waals surface area contributed by atoms with Crippen LogP contribution in [0.3, 0.4) is 0 Å². The first-order valence-electron chi connectivity index (χ1n) is 4.87. The number of nitrogens with two attached hydrogens (primary N) is 1. The van der Waals surface area contributed by atoms with E-state index in [0.717, 1.165) is 0 Å². The van der Waals surface area contributed by atoms with Crippen molar-refractivity contribution in [3.8, 4) is 0 Å². The molecule has 0 radical (unpaired) electrons. The van der Waals surface area contributed by atoms with Crippen LogP contribution in [0.15, 0.2) is 17.1 Å². The van der Waals surface area contributed by atoms with Gasteiger partial charge in [0.15, 0.2) is 0 Å². The van der Waals surface area contributed by atoms with E-state index in [4.69, 9.17) is 15.6 Å². The van der Waals surface area contributed by atoms with Crippen LogP contribution in [0.4, 0.5) is 10.2 Å². The average molecular weight is 229 g/mol. The van der Waals surface area contributed by atoms with Gasteiger partial charge >= 0.3 is 5.69 Å². The highest BCUT2D eigenvalue weighted by molar-refractivity contribution is 5.23. The van der Waals surface area contributed by atoms with Crippen molar-refractivity contribution in [2.24, 2.45) is 0 Å². The van der Waals surface area contributed by atoms with E-state index in [9.17, 15) is 9.18 Å². The van der Waals surface area contributed by atoms with Crippen molar-refractivity contribution in [1.82, 2.24) is 9.55 Å². The summed E-state index contributed by atoms with van der Waals surface area (Å²) in [7, 11) is 0. The van der Waals surface area contributed by atoms with Crippen molar-refractivity contribution in [3.05, 3.63) is 22.7 Å². The molecule has 88 valence electrons. The number of halogens is 1. The van der Waals surface area contributed by atoms with E-state index in [2.05, 4.69) is 4.98 Å². The molecule has 3 N–H and O–H groups in total. The molecule has 16 heavy (non-hydrogen) atoms. The molecule has 1 aromatic rings. The van der Waals surface area contributed by atoms with Crippen LogP contribution in [0.25, 0.3) is 0 Å².